The van der Waals surface area contributed by atoms with E-state index >= 15 is 0 Å². The third kappa shape index (κ3) is 4.54. The van der Waals surface area contributed by atoms with Crippen molar-refractivity contribution < 1.29 is 10.2 Å². The largest absolute Gasteiger partial charge is 0.508 e. The number of phenolic OH excluding ortho intramolecular Hbond substituents is 2. The lowest BCUT2D eigenvalue weighted by molar-refractivity contribution is 0.475. The van der Waals surface area contributed by atoms with Crippen LogP contribution in [0.25, 0.3) is 0 Å². The second-order valence-corrected chi connectivity index (χ2v) is 5.67. The summed E-state index contributed by atoms with van der Waals surface area (Å²) in [6.07, 6.45) is 3.52. The van der Waals surface area contributed by atoms with Gasteiger partial charge < -0.3 is 10.2 Å². The predicted molar refractivity (Wildman–Crippen MR) is 102 cm³/mol. The summed E-state index contributed by atoms with van der Waals surface area (Å²) in [5.74, 6) is 0.480. The maximum Gasteiger partial charge on any atom is 0.115 e. The molecule has 4 heteroatoms. The van der Waals surface area contributed by atoms with Crippen LogP contribution in [0.2, 0.25) is 0 Å². The zero-order valence-corrected chi connectivity index (χ0v) is 13.8. The molecule has 0 amide bonds. The van der Waals surface area contributed by atoms with Gasteiger partial charge in [0.1, 0.15) is 11.5 Å². The molecular formula is C21H18N2O2. The molecule has 0 aromatic heterocycles. The molecule has 0 aliphatic carbocycles. The number of hydrogen-bond acceptors (Lipinski definition) is 4. The molecule has 0 aliphatic rings. The van der Waals surface area contributed by atoms with Crippen LogP contribution in [0.15, 0.2) is 76.7 Å². The second kappa shape index (κ2) is 7.45. The number of phenols is 2. The lowest BCUT2D eigenvalue weighted by Gasteiger charge is -2.02. The van der Waals surface area contributed by atoms with E-state index in [1.54, 1.807) is 36.7 Å². The van der Waals surface area contributed by atoms with E-state index in [9.17, 15) is 10.2 Å². The Balaban J connectivity index is 1.74. The van der Waals surface area contributed by atoms with Gasteiger partial charge >= 0.3 is 0 Å². The van der Waals surface area contributed by atoms with Gasteiger partial charge in [-0.15, -0.1) is 0 Å². The number of aryl methyl sites for hydroxylation is 1. The van der Waals surface area contributed by atoms with Crippen molar-refractivity contribution in [3.05, 3.63) is 83.4 Å². The van der Waals surface area contributed by atoms with Crippen molar-refractivity contribution in [1.82, 2.24) is 0 Å². The fourth-order valence-corrected chi connectivity index (χ4v) is 2.28. The van der Waals surface area contributed by atoms with Gasteiger partial charge in [-0.2, -0.15) is 0 Å². The minimum Gasteiger partial charge on any atom is -0.508 e. The summed E-state index contributed by atoms with van der Waals surface area (Å²) in [6.45, 7) is 1.99. The Hall–Kier alpha value is -3.40. The van der Waals surface area contributed by atoms with E-state index < -0.39 is 0 Å². The Bertz CT molecular complexity index is 912. The molecule has 0 saturated heterocycles. The molecule has 2 N–H and O–H groups in total. The fraction of sp³-hybridized carbons (Fsp3) is 0.0476. The predicted octanol–water partition coefficient (Wildman–Crippen LogP) is 4.91. The molecule has 3 rings (SSSR count). The Morgan fingerprint density at radius 3 is 1.72 bits per heavy atom. The fourth-order valence-electron chi connectivity index (χ4n) is 2.28. The highest BCUT2D eigenvalue weighted by Crippen LogP contribution is 2.24. The number of hydrogen-bond donors (Lipinski definition) is 2. The Kier molecular flexibility index (Phi) is 4.90. The third-order valence-electron chi connectivity index (χ3n) is 3.68. The van der Waals surface area contributed by atoms with Crippen LogP contribution in [0.4, 0.5) is 11.4 Å². The van der Waals surface area contributed by atoms with E-state index in [0.29, 0.717) is 0 Å². The molecule has 0 bridgehead atoms. The van der Waals surface area contributed by atoms with E-state index in [0.717, 1.165) is 28.1 Å². The summed E-state index contributed by atoms with van der Waals surface area (Å²) in [7, 11) is 0. The average molecular weight is 330 g/mol. The van der Waals surface area contributed by atoms with Crippen LogP contribution < -0.4 is 0 Å². The molecule has 3 aromatic carbocycles. The number of benzene rings is 3. The van der Waals surface area contributed by atoms with Crippen molar-refractivity contribution in [3.63, 3.8) is 0 Å². The maximum absolute atomic E-state index is 9.29. The summed E-state index contributed by atoms with van der Waals surface area (Å²) in [6, 6.07) is 19.6. The number of nitrogens with zero attached hydrogens (tertiary/aromatic N) is 2. The zero-order chi connectivity index (χ0) is 17.6. The Morgan fingerprint density at radius 1 is 0.680 bits per heavy atom. The maximum atomic E-state index is 9.29. The normalized spacial score (nSPS) is 11.4. The molecule has 0 spiro atoms. The standard InChI is InChI=1S/C21H18N2O2/c1-15-12-18(22-13-16-2-7-19(24)8-3-16)6-11-21(15)23-14-17-4-9-20(25)10-5-17/h2-14,24-25H,1H3. The first-order valence-electron chi connectivity index (χ1n) is 7.87. The van der Waals surface area contributed by atoms with E-state index in [-0.39, 0.29) is 11.5 Å². The highest BCUT2D eigenvalue weighted by atomic mass is 16.3. The SMILES string of the molecule is Cc1cc(N=Cc2ccc(O)cc2)ccc1N=Cc1ccc(O)cc1. The van der Waals surface area contributed by atoms with E-state index in [4.69, 9.17) is 0 Å². The summed E-state index contributed by atoms with van der Waals surface area (Å²) < 4.78 is 0. The van der Waals surface area contributed by atoms with Crippen molar-refractivity contribution in [2.45, 2.75) is 6.92 Å². The van der Waals surface area contributed by atoms with Crippen molar-refractivity contribution in [3.8, 4) is 11.5 Å². The van der Waals surface area contributed by atoms with Crippen molar-refractivity contribution >= 4 is 23.8 Å². The molecule has 0 saturated carbocycles. The van der Waals surface area contributed by atoms with Crippen LogP contribution in [0.1, 0.15) is 16.7 Å². The summed E-state index contributed by atoms with van der Waals surface area (Å²) in [5, 5.41) is 18.6. The van der Waals surface area contributed by atoms with Gasteiger partial charge in [0, 0.05) is 12.4 Å². The van der Waals surface area contributed by atoms with Crippen molar-refractivity contribution in [1.29, 1.82) is 0 Å². The topological polar surface area (TPSA) is 65.2 Å². The van der Waals surface area contributed by atoms with Crippen LogP contribution in [-0.2, 0) is 0 Å². The average Bonchev–Trinajstić information content (AvgIpc) is 2.62. The quantitative estimate of drug-likeness (QED) is 0.668. The van der Waals surface area contributed by atoms with Crippen molar-refractivity contribution in [2.75, 3.05) is 0 Å². The second-order valence-electron chi connectivity index (χ2n) is 5.67. The first kappa shape index (κ1) is 16.5. The van der Waals surface area contributed by atoms with E-state index in [2.05, 4.69) is 9.98 Å². The molecular weight excluding hydrogens is 312 g/mol. The smallest absolute Gasteiger partial charge is 0.115 e. The van der Waals surface area contributed by atoms with Gasteiger partial charge in [-0.3, -0.25) is 9.98 Å². The van der Waals surface area contributed by atoms with Gasteiger partial charge in [0.15, 0.2) is 0 Å². The summed E-state index contributed by atoms with van der Waals surface area (Å²) in [5.41, 5.74) is 4.58. The molecule has 0 unspecified atom stereocenters. The van der Waals surface area contributed by atoms with E-state index in [1.807, 2.05) is 49.4 Å². The first-order chi connectivity index (χ1) is 12.1. The van der Waals surface area contributed by atoms with Gasteiger partial charge in [0.05, 0.1) is 11.4 Å². The van der Waals surface area contributed by atoms with Crippen LogP contribution in [0, 0.1) is 6.92 Å². The van der Waals surface area contributed by atoms with Gasteiger partial charge in [0.25, 0.3) is 0 Å². The van der Waals surface area contributed by atoms with Crippen LogP contribution in [0.3, 0.4) is 0 Å². The van der Waals surface area contributed by atoms with Crippen LogP contribution in [-0.4, -0.2) is 22.6 Å². The molecule has 0 radical (unpaired) electrons. The van der Waals surface area contributed by atoms with E-state index in [1.165, 1.54) is 0 Å². The monoisotopic (exact) mass is 330 g/mol. The molecule has 25 heavy (non-hydrogen) atoms. The number of aliphatic imine (C=N–C) groups is 2. The van der Waals surface area contributed by atoms with Gasteiger partial charge in [-0.05, 0) is 90.3 Å². The van der Waals surface area contributed by atoms with Gasteiger partial charge in [-0.1, -0.05) is 0 Å². The molecule has 0 aliphatic heterocycles. The number of rotatable bonds is 4. The molecule has 0 atom stereocenters. The Morgan fingerprint density at radius 2 is 1.20 bits per heavy atom. The van der Waals surface area contributed by atoms with Crippen LogP contribution in [0.5, 0.6) is 11.5 Å². The molecule has 0 fully saturated rings. The minimum atomic E-state index is 0.240. The third-order valence-corrected chi connectivity index (χ3v) is 3.68. The Labute approximate surface area is 146 Å². The van der Waals surface area contributed by atoms with Crippen LogP contribution >= 0.6 is 0 Å². The molecule has 124 valence electrons. The molecule has 0 heterocycles. The van der Waals surface area contributed by atoms with Gasteiger partial charge in [-0.25, -0.2) is 0 Å². The zero-order valence-electron chi connectivity index (χ0n) is 13.8. The van der Waals surface area contributed by atoms with Crippen molar-refractivity contribution in [2.24, 2.45) is 9.98 Å². The summed E-state index contributed by atoms with van der Waals surface area (Å²) in [4.78, 5) is 8.94. The minimum absolute atomic E-state index is 0.240. The summed E-state index contributed by atoms with van der Waals surface area (Å²) >= 11 is 0. The highest BCUT2D eigenvalue weighted by Gasteiger charge is 1.98. The van der Waals surface area contributed by atoms with Gasteiger partial charge in [0.2, 0.25) is 0 Å². The number of aromatic hydroxyl groups is 2. The highest BCUT2D eigenvalue weighted by molar-refractivity contribution is 5.84. The molecule has 3 aromatic rings. The lowest BCUT2D eigenvalue weighted by atomic mass is 10.1. The molecule has 4 nitrogen and oxygen atoms in total. The lowest BCUT2D eigenvalue weighted by Crippen LogP contribution is -1.82. The first-order valence-corrected chi connectivity index (χ1v) is 7.87.